The second kappa shape index (κ2) is 3.07. The lowest BCUT2D eigenvalue weighted by Crippen LogP contribution is -1.96. The summed E-state index contributed by atoms with van der Waals surface area (Å²) in [6.07, 6.45) is 1.73. The van der Waals surface area contributed by atoms with Gasteiger partial charge in [-0.15, -0.1) is 0 Å². The standard InChI is InChI=1S/C10H8OS/c12-10-7-11-6-9(10)8-4-2-1-3-5-8/h1-6H,7H2. The molecule has 1 nitrogen and oxygen atoms in total. The van der Waals surface area contributed by atoms with E-state index in [9.17, 15) is 0 Å². The van der Waals surface area contributed by atoms with Gasteiger partial charge in [0.1, 0.15) is 6.61 Å². The molecule has 0 bridgehead atoms. The zero-order chi connectivity index (χ0) is 8.39. The van der Waals surface area contributed by atoms with E-state index in [1.54, 1.807) is 6.26 Å². The topological polar surface area (TPSA) is 9.23 Å². The van der Waals surface area contributed by atoms with Gasteiger partial charge in [0, 0.05) is 5.57 Å². The van der Waals surface area contributed by atoms with Crippen LogP contribution in [0.15, 0.2) is 36.6 Å². The van der Waals surface area contributed by atoms with Crippen LogP contribution in [0.3, 0.4) is 0 Å². The molecule has 1 aromatic rings. The van der Waals surface area contributed by atoms with Crippen molar-refractivity contribution in [2.45, 2.75) is 0 Å². The molecule has 0 saturated heterocycles. The fourth-order valence-electron chi connectivity index (χ4n) is 1.19. The molecule has 0 N–H and O–H groups in total. The van der Waals surface area contributed by atoms with Gasteiger partial charge in [0.15, 0.2) is 0 Å². The maximum atomic E-state index is 5.13. The van der Waals surface area contributed by atoms with Crippen LogP contribution in [0.1, 0.15) is 5.56 Å². The molecule has 0 saturated carbocycles. The van der Waals surface area contributed by atoms with E-state index < -0.39 is 0 Å². The minimum Gasteiger partial charge on any atom is -0.495 e. The Labute approximate surface area is 76.7 Å². The molecule has 1 aliphatic rings. The molecule has 12 heavy (non-hydrogen) atoms. The highest BCUT2D eigenvalue weighted by Gasteiger charge is 2.13. The number of thiocarbonyl (C=S) groups is 1. The minimum absolute atomic E-state index is 0.555. The summed E-state index contributed by atoms with van der Waals surface area (Å²) in [4.78, 5) is 0.890. The first-order valence-corrected chi connectivity index (χ1v) is 4.19. The van der Waals surface area contributed by atoms with Crippen LogP contribution >= 0.6 is 12.2 Å². The zero-order valence-electron chi connectivity index (χ0n) is 6.49. The van der Waals surface area contributed by atoms with Crippen LogP contribution in [0.2, 0.25) is 0 Å². The SMILES string of the molecule is S=C1COC=C1c1ccccc1. The average Bonchev–Trinajstić information content (AvgIpc) is 2.53. The Morgan fingerprint density at radius 3 is 2.50 bits per heavy atom. The van der Waals surface area contributed by atoms with E-state index in [1.165, 1.54) is 0 Å². The fraction of sp³-hybridized carbons (Fsp3) is 0.100. The molecule has 0 radical (unpaired) electrons. The lowest BCUT2D eigenvalue weighted by molar-refractivity contribution is 0.317. The maximum absolute atomic E-state index is 5.13. The van der Waals surface area contributed by atoms with Crippen molar-refractivity contribution in [3.05, 3.63) is 42.2 Å². The Morgan fingerprint density at radius 1 is 1.17 bits per heavy atom. The van der Waals surface area contributed by atoms with Gasteiger partial charge in [0.25, 0.3) is 0 Å². The molecular formula is C10H8OS. The summed E-state index contributed by atoms with van der Waals surface area (Å²) in [5.41, 5.74) is 2.19. The number of hydrogen-bond acceptors (Lipinski definition) is 2. The van der Waals surface area contributed by atoms with Crippen LogP contribution in [0.4, 0.5) is 0 Å². The van der Waals surface area contributed by atoms with Crippen molar-refractivity contribution in [3.8, 4) is 0 Å². The van der Waals surface area contributed by atoms with Crippen LogP contribution in [0, 0.1) is 0 Å². The Bertz CT molecular complexity index is 327. The van der Waals surface area contributed by atoms with Crippen molar-refractivity contribution in [2.75, 3.05) is 6.61 Å². The molecule has 60 valence electrons. The summed E-state index contributed by atoms with van der Waals surface area (Å²) in [6.45, 7) is 0.555. The van der Waals surface area contributed by atoms with Crippen LogP contribution in [0.5, 0.6) is 0 Å². The van der Waals surface area contributed by atoms with Gasteiger partial charge in [-0.05, 0) is 5.56 Å². The monoisotopic (exact) mass is 176 g/mol. The van der Waals surface area contributed by atoms with Crippen molar-refractivity contribution >= 4 is 22.7 Å². The molecule has 1 aromatic carbocycles. The number of benzene rings is 1. The van der Waals surface area contributed by atoms with Crippen molar-refractivity contribution in [3.63, 3.8) is 0 Å². The maximum Gasteiger partial charge on any atom is 0.123 e. The Balaban J connectivity index is 2.38. The van der Waals surface area contributed by atoms with Gasteiger partial charge in [-0.3, -0.25) is 0 Å². The third-order valence-corrected chi connectivity index (χ3v) is 2.14. The van der Waals surface area contributed by atoms with E-state index in [-0.39, 0.29) is 0 Å². The second-order valence-corrected chi connectivity index (χ2v) is 3.12. The molecule has 0 aromatic heterocycles. The quantitative estimate of drug-likeness (QED) is 0.608. The predicted octanol–water partition coefficient (Wildman–Crippen LogP) is 2.43. The first-order valence-electron chi connectivity index (χ1n) is 3.78. The highest BCUT2D eigenvalue weighted by Crippen LogP contribution is 2.20. The number of rotatable bonds is 1. The molecule has 0 aliphatic carbocycles. The highest BCUT2D eigenvalue weighted by molar-refractivity contribution is 7.81. The third-order valence-electron chi connectivity index (χ3n) is 1.80. The zero-order valence-corrected chi connectivity index (χ0v) is 7.30. The van der Waals surface area contributed by atoms with Crippen LogP contribution in [-0.4, -0.2) is 11.5 Å². The Hall–Kier alpha value is -1.15. The van der Waals surface area contributed by atoms with Crippen molar-refractivity contribution < 1.29 is 4.74 Å². The Kier molecular flexibility index (Phi) is 1.92. The van der Waals surface area contributed by atoms with Crippen molar-refractivity contribution in [1.29, 1.82) is 0 Å². The molecule has 0 atom stereocenters. The summed E-state index contributed by atoms with van der Waals surface area (Å²) in [6, 6.07) is 10.1. The van der Waals surface area contributed by atoms with E-state index in [4.69, 9.17) is 17.0 Å². The average molecular weight is 176 g/mol. The van der Waals surface area contributed by atoms with E-state index >= 15 is 0 Å². The van der Waals surface area contributed by atoms with Crippen LogP contribution in [0.25, 0.3) is 5.57 Å². The fourth-order valence-corrected chi connectivity index (χ4v) is 1.42. The molecule has 2 rings (SSSR count). The molecule has 1 aliphatic heterocycles. The smallest absolute Gasteiger partial charge is 0.123 e. The lowest BCUT2D eigenvalue weighted by atomic mass is 10.1. The van der Waals surface area contributed by atoms with Gasteiger partial charge in [-0.25, -0.2) is 0 Å². The third kappa shape index (κ3) is 1.25. The number of ether oxygens (including phenoxy) is 1. The number of hydrogen-bond donors (Lipinski definition) is 0. The molecule has 0 amide bonds. The summed E-state index contributed by atoms with van der Waals surface area (Å²) in [5.74, 6) is 0. The molecule has 0 fully saturated rings. The first-order chi connectivity index (χ1) is 5.88. The highest BCUT2D eigenvalue weighted by atomic mass is 32.1. The summed E-state index contributed by atoms with van der Waals surface area (Å²) >= 11 is 5.13. The van der Waals surface area contributed by atoms with E-state index in [2.05, 4.69) is 0 Å². The largest absolute Gasteiger partial charge is 0.495 e. The van der Waals surface area contributed by atoms with Crippen LogP contribution < -0.4 is 0 Å². The molecular weight excluding hydrogens is 168 g/mol. The van der Waals surface area contributed by atoms with Gasteiger partial charge < -0.3 is 4.74 Å². The lowest BCUT2D eigenvalue weighted by Gasteiger charge is -1.98. The summed E-state index contributed by atoms with van der Waals surface area (Å²) < 4.78 is 5.12. The van der Waals surface area contributed by atoms with E-state index in [0.717, 1.165) is 16.0 Å². The van der Waals surface area contributed by atoms with Gasteiger partial charge in [0.05, 0.1) is 11.1 Å². The van der Waals surface area contributed by atoms with Crippen LogP contribution in [-0.2, 0) is 4.74 Å². The van der Waals surface area contributed by atoms with E-state index in [0.29, 0.717) is 6.61 Å². The first kappa shape index (κ1) is 7.50. The van der Waals surface area contributed by atoms with Gasteiger partial charge in [-0.1, -0.05) is 42.5 Å². The van der Waals surface area contributed by atoms with Gasteiger partial charge >= 0.3 is 0 Å². The summed E-state index contributed by atoms with van der Waals surface area (Å²) in [5, 5.41) is 0. The van der Waals surface area contributed by atoms with Gasteiger partial charge in [-0.2, -0.15) is 0 Å². The van der Waals surface area contributed by atoms with Gasteiger partial charge in [0.2, 0.25) is 0 Å². The van der Waals surface area contributed by atoms with E-state index in [1.807, 2.05) is 30.3 Å². The molecule has 1 heterocycles. The summed E-state index contributed by atoms with van der Waals surface area (Å²) in [7, 11) is 0. The molecule has 2 heteroatoms. The molecule has 0 spiro atoms. The normalized spacial score (nSPS) is 15.7. The predicted molar refractivity (Wildman–Crippen MR) is 53.0 cm³/mol. The van der Waals surface area contributed by atoms with Crippen molar-refractivity contribution in [2.24, 2.45) is 0 Å². The second-order valence-electron chi connectivity index (χ2n) is 2.63. The minimum atomic E-state index is 0.555. The van der Waals surface area contributed by atoms with Crippen molar-refractivity contribution in [1.82, 2.24) is 0 Å². The molecule has 0 unspecified atom stereocenters. The Morgan fingerprint density at radius 2 is 1.92 bits per heavy atom.